The van der Waals surface area contributed by atoms with Gasteiger partial charge in [-0.1, -0.05) is 66.6 Å². The molecule has 0 unspecified atom stereocenters. The summed E-state index contributed by atoms with van der Waals surface area (Å²) >= 11 is 13.9. The Morgan fingerprint density at radius 1 is 1.13 bits per heavy atom. The van der Waals surface area contributed by atoms with Crippen LogP contribution in [0, 0.1) is 6.92 Å². The van der Waals surface area contributed by atoms with E-state index < -0.39 is 0 Å². The fraction of sp³-hybridized carbons (Fsp3) is 0.304. The summed E-state index contributed by atoms with van der Waals surface area (Å²) < 4.78 is 0.978. The summed E-state index contributed by atoms with van der Waals surface area (Å²) in [5, 5.41) is 1.97. The predicted molar refractivity (Wildman–Crippen MR) is 130 cm³/mol. The molecule has 1 amide bonds. The van der Waals surface area contributed by atoms with Crippen LogP contribution in [0.5, 0.6) is 0 Å². The molecule has 0 bridgehead atoms. The first-order valence-corrected chi connectivity index (χ1v) is 11.5. The van der Waals surface area contributed by atoms with E-state index in [1.54, 1.807) is 17.1 Å². The molecule has 0 aliphatic rings. The van der Waals surface area contributed by atoms with Crippen molar-refractivity contribution in [2.24, 2.45) is 0 Å². The fourth-order valence-corrected chi connectivity index (χ4v) is 4.85. The third-order valence-electron chi connectivity index (χ3n) is 4.98. The predicted octanol–water partition coefficient (Wildman–Crippen LogP) is 6.30. The highest BCUT2D eigenvalue weighted by molar-refractivity contribution is 7.22. The molecule has 3 rings (SSSR count). The normalized spacial score (nSPS) is 11.7. The van der Waals surface area contributed by atoms with Crippen molar-refractivity contribution in [1.29, 1.82) is 0 Å². The maximum Gasteiger partial charge on any atom is 0.252 e. The molecule has 0 atom stereocenters. The van der Waals surface area contributed by atoms with Gasteiger partial charge in [-0.3, -0.25) is 9.69 Å². The minimum Gasteiger partial charge on any atom is -0.302 e. The van der Waals surface area contributed by atoms with Gasteiger partial charge in [0.2, 0.25) is 0 Å². The van der Waals surface area contributed by atoms with Crippen LogP contribution in [0.15, 0.2) is 42.5 Å². The van der Waals surface area contributed by atoms with Crippen LogP contribution in [-0.4, -0.2) is 42.0 Å². The quantitative estimate of drug-likeness (QED) is 0.369. The van der Waals surface area contributed by atoms with Crippen molar-refractivity contribution in [2.45, 2.75) is 20.8 Å². The van der Waals surface area contributed by atoms with Gasteiger partial charge >= 0.3 is 0 Å². The topological polar surface area (TPSA) is 36.4 Å². The first-order chi connectivity index (χ1) is 14.4. The average molecular weight is 462 g/mol. The Balaban J connectivity index is 1.92. The van der Waals surface area contributed by atoms with Crippen LogP contribution in [-0.2, 0) is 4.79 Å². The van der Waals surface area contributed by atoms with Gasteiger partial charge in [-0.15, -0.1) is 0 Å². The van der Waals surface area contributed by atoms with Crippen LogP contribution in [0.2, 0.25) is 10.0 Å². The molecule has 158 valence electrons. The van der Waals surface area contributed by atoms with Gasteiger partial charge in [0, 0.05) is 29.2 Å². The number of carbonyl (C=O) groups excluding carboxylic acids is 1. The summed E-state index contributed by atoms with van der Waals surface area (Å²) in [6, 6.07) is 11.3. The van der Waals surface area contributed by atoms with Crippen LogP contribution in [0.25, 0.3) is 16.3 Å². The van der Waals surface area contributed by atoms with Crippen molar-refractivity contribution < 1.29 is 4.79 Å². The number of benzene rings is 2. The summed E-state index contributed by atoms with van der Waals surface area (Å²) in [7, 11) is 0. The van der Waals surface area contributed by atoms with Crippen molar-refractivity contribution in [3.63, 3.8) is 0 Å². The number of rotatable bonds is 8. The number of carbonyl (C=O) groups is 1. The van der Waals surface area contributed by atoms with Gasteiger partial charge in [0.15, 0.2) is 5.13 Å². The minimum absolute atomic E-state index is 0.120. The van der Waals surface area contributed by atoms with Crippen molar-refractivity contribution in [3.8, 4) is 0 Å². The lowest BCUT2D eigenvalue weighted by Crippen LogP contribution is -2.38. The van der Waals surface area contributed by atoms with Gasteiger partial charge < -0.3 is 4.90 Å². The zero-order valence-corrected chi connectivity index (χ0v) is 19.7. The van der Waals surface area contributed by atoms with E-state index in [2.05, 4.69) is 18.7 Å². The summed E-state index contributed by atoms with van der Waals surface area (Å²) in [5.74, 6) is -0.120. The fourth-order valence-electron chi connectivity index (χ4n) is 3.20. The second kappa shape index (κ2) is 10.4. The van der Waals surface area contributed by atoms with E-state index >= 15 is 0 Å². The number of nitrogens with zero attached hydrogens (tertiary/aromatic N) is 3. The first kappa shape index (κ1) is 22.8. The van der Waals surface area contributed by atoms with Crippen molar-refractivity contribution in [3.05, 3.63) is 63.6 Å². The van der Waals surface area contributed by atoms with Gasteiger partial charge in [0.1, 0.15) is 0 Å². The number of halogens is 2. The van der Waals surface area contributed by atoms with Gasteiger partial charge in [-0.2, -0.15) is 0 Å². The lowest BCUT2D eigenvalue weighted by atomic mass is 10.2. The number of aryl methyl sites for hydroxylation is 1. The van der Waals surface area contributed by atoms with E-state index in [1.807, 2.05) is 43.3 Å². The van der Waals surface area contributed by atoms with E-state index in [4.69, 9.17) is 28.2 Å². The van der Waals surface area contributed by atoms with Gasteiger partial charge in [0.25, 0.3) is 5.91 Å². The van der Waals surface area contributed by atoms with Crippen LogP contribution in [0.4, 0.5) is 5.13 Å². The Hall–Kier alpha value is -1.92. The Labute approximate surface area is 191 Å². The second-order valence-corrected chi connectivity index (χ2v) is 8.79. The summed E-state index contributed by atoms with van der Waals surface area (Å²) in [5.41, 5.74) is 2.70. The van der Waals surface area contributed by atoms with E-state index in [9.17, 15) is 4.79 Å². The maximum absolute atomic E-state index is 13.2. The Kier molecular flexibility index (Phi) is 7.89. The number of fused-ring (bicyclic) bond motifs is 1. The molecule has 3 aromatic rings. The van der Waals surface area contributed by atoms with Crippen molar-refractivity contribution in [2.75, 3.05) is 31.1 Å². The SMILES string of the molecule is CCN(CC)CCN(C(=O)/C=C/c1ccccc1Cl)c1nc2c(C)cc(Cl)cc2s1. The molecule has 0 radical (unpaired) electrons. The number of aromatic nitrogens is 1. The van der Waals surface area contributed by atoms with E-state index in [0.29, 0.717) is 21.7 Å². The molecule has 0 aliphatic carbocycles. The minimum atomic E-state index is -0.120. The second-order valence-electron chi connectivity index (χ2n) is 6.94. The molecule has 0 saturated heterocycles. The van der Waals surface area contributed by atoms with Crippen molar-refractivity contribution in [1.82, 2.24) is 9.88 Å². The highest BCUT2D eigenvalue weighted by atomic mass is 35.5. The number of anilines is 1. The smallest absolute Gasteiger partial charge is 0.252 e. The molecule has 2 aromatic carbocycles. The van der Waals surface area contributed by atoms with Gasteiger partial charge in [-0.05, 0) is 55.4 Å². The molecule has 0 spiro atoms. The zero-order chi connectivity index (χ0) is 21.7. The van der Waals surface area contributed by atoms with Crippen LogP contribution in [0.3, 0.4) is 0 Å². The average Bonchev–Trinajstić information content (AvgIpc) is 3.14. The van der Waals surface area contributed by atoms with Crippen molar-refractivity contribution >= 4 is 61.9 Å². The zero-order valence-electron chi connectivity index (χ0n) is 17.4. The number of hydrogen-bond donors (Lipinski definition) is 0. The van der Waals surface area contributed by atoms with E-state index in [1.165, 1.54) is 11.3 Å². The van der Waals surface area contributed by atoms with E-state index in [0.717, 1.165) is 41.0 Å². The van der Waals surface area contributed by atoms with E-state index in [-0.39, 0.29) is 5.91 Å². The monoisotopic (exact) mass is 461 g/mol. The molecule has 1 aromatic heterocycles. The number of amides is 1. The highest BCUT2D eigenvalue weighted by Gasteiger charge is 2.19. The number of thiazole rings is 1. The van der Waals surface area contributed by atoms with Gasteiger partial charge in [0.05, 0.1) is 10.2 Å². The van der Waals surface area contributed by atoms with Crippen LogP contribution >= 0.6 is 34.5 Å². The Bertz CT molecular complexity index is 1060. The maximum atomic E-state index is 13.2. The molecular weight excluding hydrogens is 437 g/mol. The number of likely N-dealkylation sites (N-methyl/N-ethyl adjacent to an activating group) is 1. The molecule has 30 heavy (non-hydrogen) atoms. The summed E-state index contributed by atoms with van der Waals surface area (Å²) in [6.45, 7) is 9.42. The first-order valence-electron chi connectivity index (χ1n) is 9.96. The molecule has 0 aliphatic heterocycles. The van der Waals surface area contributed by atoms with Crippen LogP contribution < -0.4 is 4.90 Å². The lowest BCUT2D eigenvalue weighted by Gasteiger charge is -2.23. The number of hydrogen-bond acceptors (Lipinski definition) is 4. The molecular formula is C23H25Cl2N3OS. The van der Waals surface area contributed by atoms with Gasteiger partial charge in [-0.25, -0.2) is 4.98 Å². The Morgan fingerprint density at radius 2 is 1.87 bits per heavy atom. The highest BCUT2D eigenvalue weighted by Crippen LogP contribution is 2.33. The molecule has 4 nitrogen and oxygen atoms in total. The summed E-state index contributed by atoms with van der Waals surface area (Å²) in [4.78, 5) is 22.0. The largest absolute Gasteiger partial charge is 0.302 e. The third-order valence-corrected chi connectivity index (χ3v) is 6.57. The molecule has 7 heteroatoms. The summed E-state index contributed by atoms with van der Waals surface area (Å²) in [6.07, 6.45) is 3.32. The standard InChI is InChI=1S/C23H25Cl2N3OS/c1-4-27(5-2)12-13-28(21(29)11-10-17-8-6-7-9-19(17)25)23-26-22-16(3)14-18(24)15-20(22)30-23/h6-11,14-15H,4-5,12-13H2,1-3H3/b11-10+. The molecule has 0 fully saturated rings. The molecule has 0 N–H and O–H groups in total. The lowest BCUT2D eigenvalue weighted by molar-refractivity contribution is -0.114. The molecule has 0 saturated carbocycles. The third kappa shape index (κ3) is 5.41. The Morgan fingerprint density at radius 3 is 2.57 bits per heavy atom. The molecule has 1 heterocycles. The van der Waals surface area contributed by atoms with Crippen LogP contribution in [0.1, 0.15) is 25.0 Å².